The fraction of sp³-hybridized carbons (Fsp3) is 0.588. The van der Waals surface area contributed by atoms with Crippen molar-refractivity contribution in [1.29, 1.82) is 0 Å². The highest BCUT2D eigenvalue weighted by molar-refractivity contribution is 6.03. The lowest BCUT2D eigenvalue weighted by Gasteiger charge is -2.36. The minimum atomic E-state index is 0.298. The number of hydrogen-bond acceptors (Lipinski definition) is 3. The van der Waals surface area contributed by atoms with E-state index >= 15 is 0 Å². The first kappa shape index (κ1) is 13.6. The first-order valence-corrected chi connectivity index (χ1v) is 7.83. The molecule has 3 heteroatoms. The number of Topliss-reactive ketones (excluding diaryl/α,β-unsaturated/α-hetero) is 1. The van der Waals surface area contributed by atoms with Gasteiger partial charge in [0.1, 0.15) is 0 Å². The van der Waals surface area contributed by atoms with Gasteiger partial charge in [-0.25, -0.2) is 0 Å². The van der Waals surface area contributed by atoms with Gasteiger partial charge in [0.15, 0.2) is 5.78 Å². The van der Waals surface area contributed by atoms with E-state index in [1.165, 1.54) is 32.2 Å². The molecule has 3 nitrogen and oxygen atoms in total. The van der Waals surface area contributed by atoms with Gasteiger partial charge < -0.3 is 9.80 Å². The van der Waals surface area contributed by atoms with Crippen molar-refractivity contribution in [3.05, 3.63) is 29.8 Å². The number of carbonyl (C=O) groups is 1. The molecule has 1 unspecified atom stereocenters. The van der Waals surface area contributed by atoms with Crippen molar-refractivity contribution >= 4 is 11.5 Å². The zero-order valence-corrected chi connectivity index (χ0v) is 12.3. The maximum atomic E-state index is 12.0. The Bertz CT molecular complexity index is 486. The molecule has 0 spiro atoms. The zero-order chi connectivity index (χ0) is 13.9. The molecule has 108 valence electrons. The Morgan fingerprint density at radius 1 is 1.20 bits per heavy atom. The summed E-state index contributed by atoms with van der Waals surface area (Å²) < 4.78 is 0. The minimum Gasteiger partial charge on any atom is -0.370 e. The SMILES string of the molecule is CN1CCCCC1CCN1CCC(=O)c2ccccc21. The van der Waals surface area contributed by atoms with E-state index in [1.807, 2.05) is 18.2 Å². The van der Waals surface area contributed by atoms with Crippen LogP contribution in [0.15, 0.2) is 24.3 Å². The monoisotopic (exact) mass is 272 g/mol. The van der Waals surface area contributed by atoms with Crippen molar-refractivity contribution in [3.8, 4) is 0 Å². The van der Waals surface area contributed by atoms with Crippen LogP contribution in [0.3, 0.4) is 0 Å². The van der Waals surface area contributed by atoms with Crippen molar-refractivity contribution in [2.45, 2.75) is 38.1 Å². The number of anilines is 1. The largest absolute Gasteiger partial charge is 0.370 e. The highest BCUT2D eigenvalue weighted by Gasteiger charge is 2.24. The van der Waals surface area contributed by atoms with Crippen LogP contribution in [0.2, 0.25) is 0 Å². The number of rotatable bonds is 3. The average Bonchev–Trinajstić information content (AvgIpc) is 2.48. The smallest absolute Gasteiger partial charge is 0.166 e. The Morgan fingerprint density at radius 3 is 2.90 bits per heavy atom. The van der Waals surface area contributed by atoms with Gasteiger partial charge in [0.05, 0.1) is 0 Å². The van der Waals surface area contributed by atoms with Crippen LogP contribution in [0.4, 0.5) is 5.69 Å². The van der Waals surface area contributed by atoms with Crippen LogP contribution in [0.1, 0.15) is 42.5 Å². The summed E-state index contributed by atoms with van der Waals surface area (Å²) in [6.45, 7) is 3.19. The van der Waals surface area contributed by atoms with Crippen LogP contribution in [-0.2, 0) is 0 Å². The van der Waals surface area contributed by atoms with Gasteiger partial charge in [-0.3, -0.25) is 4.79 Å². The predicted molar refractivity (Wildman–Crippen MR) is 82.5 cm³/mol. The molecule has 0 aliphatic carbocycles. The summed E-state index contributed by atoms with van der Waals surface area (Å²) in [7, 11) is 2.25. The predicted octanol–water partition coefficient (Wildman–Crippen LogP) is 2.95. The first-order valence-electron chi connectivity index (χ1n) is 7.83. The molecule has 1 aromatic rings. The molecule has 3 rings (SSSR count). The molecule has 0 radical (unpaired) electrons. The number of nitrogens with zero attached hydrogens (tertiary/aromatic N) is 2. The number of likely N-dealkylation sites (tertiary alicyclic amines) is 1. The summed E-state index contributed by atoms with van der Waals surface area (Å²) >= 11 is 0. The number of para-hydroxylation sites is 1. The van der Waals surface area contributed by atoms with Gasteiger partial charge in [0.25, 0.3) is 0 Å². The quantitative estimate of drug-likeness (QED) is 0.845. The number of ketones is 1. The van der Waals surface area contributed by atoms with Crippen molar-refractivity contribution in [3.63, 3.8) is 0 Å². The maximum Gasteiger partial charge on any atom is 0.166 e. The van der Waals surface area contributed by atoms with Crippen molar-refractivity contribution in [1.82, 2.24) is 4.90 Å². The van der Waals surface area contributed by atoms with Crippen molar-refractivity contribution in [2.24, 2.45) is 0 Å². The van der Waals surface area contributed by atoms with E-state index in [0.717, 1.165) is 24.3 Å². The molecule has 2 aliphatic rings. The van der Waals surface area contributed by atoms with Gasteiger partial charge in [-0.05, 0) is 45.0 Å². The van der Waals surface area contributed by atoms with Gasteiger partial charge in [0.2, 0.25) is 0 Å². The third-order valence-electron chi connectivity index (χ3n) is 4.81. The molecule has 0 bridgehead atoms. The number of hydrogen-bond donors (Lipinski definition) is 0. The average molecular weight is 272 g/mol. The van der Waals surface area contributed by atoms with E-state index in [1.54, 1.807) is 0 Å². The highest BCUT2D eigenvalue weighted by Crippen LogP contribution is 2.27. The summed E-state index contributed by atoms with van der Waals surface area (Å²) in [6.07, 6.45) is 5.90. The van der Waals surface area contributed by atoms with Crippen LogP contribution in [0.25, 0.3) is 0 Å². The molecule has 1 atom stereocenters. The topological polar surface area (TPSA) is 23.6 Å². The van der Waals surface area contributed by atoms with Gasteiger partial charge in [-0.2, -0.15) is 0 Å². The van der Waals surface area contributed by atoms with Crippen LogP contribution < -0.4 is 4.90 Å². The van der Waals surface area contributed by atoms with E-state index in [9.17, 15) is 4.79 Å². The molecule has 1 aromatic carbocycles. The summed E-state index contributed by atoms with van der Waals surface area (Å²) in [4.78, 5) is 16.9. The first-order chi connectivity index (χ1) is 9.75. The van der Waals surface area contributed by atoms with E-state index in [0.29, 0.717) is 18.2 Å². The molecule has 1 saturated heterocycles. The molecule has 2 heterocycles. The second kappa shape index (κ2) is 5.96. The minimum absolute atomic E-state index is 0.298. The van der Waals surface area contributed by atoms with E-state index in [-0.39, 0.29) is 0 Å². The van der Waals surface area contributed by atoms with Crippen LogP contribution in [0, 0.1) is 0 Å². The van der Waals surface area contributed by atoms with E-state index in [4.69, 9.17) is 0 Å². The normalized spacial score (nSPS) is 23.8. The van der Waals surface area contributed by atoms with E-state index < -0.39 is 0 Å². The standard InChI is InChI=1S/C17H24N2O/c1-18-11-5-4-6-14(18)9-12-19-13-10-17(20)15-7-2-3-8-16(15)19/h2-3,7-8,14H,4-6,9-13H2,1H3. The fourth-order valence-corrected chi connectivity index (χ4v) is 3.52. The maximum absolute atomic E-state index is 12.0. The van der Waals surface area contributed by atoms with E-state index in [2.05, 4.69) is 22.9 Å². The summed E-state index contributed by atoms with van der Waals surface area (Å²) in [5, 5.41) is 0. The Balaban J connectivity index is 1.66. The van der Waals surface area contributed by atoms with Gasteiger partial charge >= 0.3 is 0 Å². The molecule has 0 aromatic heterocycles. The Hall–Kier alpha value is -1.35. The second-order valence-corrected chi connectivity index (χ2v) is 6.10. The fourth-order valence-electron chi connectivity index (χ4n) is 3.52. The third kappa shape index (κ3) is 2.73. The highest BCUT2D eigenvalue weighted by atomic mass is 16.1. The lowest BCUT2D eigenvalue weighted by molar-refractivity contribution is 0.0979. The Morgan fingerprint density at radius 2 is 2.05 bits per heavy atom. The molecule has 0 saturated carbocycles. The number of carbonyl (C=O) groups excluding carboxylic acids is 1. The molecule has 1 fully saturated rings. The molecule has 0 N–H and O–H groups in total. The van der Waals surface area contributed by atoms with Crippen LogP contribution >= 0.6 is 0 Å². The zero-order valence-electron chi connectivity index (χ0n) is 12.3. The number of piperidine rings is 1. The van der Waals surface area contributed by atoms with Crippen LogP contribution in [0.5, 0.6) is 0 Å². The van der Waals surface area contributed by atoms with Gasteiger partial charge in [-0.15, -0.1) is 0 Å². The molecular weight excluding hydrogens is 248 g/mol. The molecular formula is C17H24N2O. The van der Waals surface area contributed by atoms with Crippen molar-refractivity contribution in [2.75, 3.05) is 31.6 Å². The van der Waals surface area contributed by atoms with Crippen molar-refractivity contribution < 1.29 is 4.79 Å². The van der Waals surface area contributed by atoms with Gasteiger partial charge in [-0.1, -0.05) is 18.6 Å². The lowest BCUT2D eigenvalue weighted by atomic mass is 9.97. The molecule has 2 aliphatic heterocycles. The summed E-state index contributed by atoms with van der Waals surface area (Å²) in [5.41, 5.74) is 2.05. The van der Waals surface area contributed by atoms with Crippen LogP contribution in [-0.4, -0.2) is 43.4 Å². The second-order valence-electron chi connectivity index (χ2n) is 6.10. The molecule has 0 amide bonds. The Labute approximate surface area is 121 Å². The Kier molecular flexibility index (Phi) is 4.06. The number of fused-ring (bicyclic) bond motifs is 1. The summed E-state index contributed by atoms with van der Waals surface area (Å²) in [5.74, 6) is 0.298. The lowest BCUT2D eigenvalue weighted by Crippen LogP contribution is -2.40. The van der Waals surface area contributed by atoms with Gasteiger partial charge in [0, 0.05) is 36.8 Å². The third-order valence-corrected chi connectivity index (χ3v) is 4.81. The molecule has 20 heavy (non-hydrogen) atoms. The number of benzene rings is 1. The summed E-state index contributed by atoms with van der Waals surface area (Å²) in [6, 6.07) is 8.79.